The van der Waals surface area contributed by atoms with Gasteiger partial charge in [-0.05, 0) is 14.0 Å². The van der Waals surface area contributed by atoms with Crippen molar-refractivity contribution in [1.82, 2.24) is 14.7 Å². The molecule has 5 heteroatoms. The Labute approximate surface area is 82.9 Å². The average molecular weight is 197 g/mol. The third-order valence-electron chi connectivity index (χ3n) is 2.21. The summed E-state index contributed by atoms with van der Waals surface area (Å²) in [4.78, 5) is 12.4. The van der Waals surface area contributed by atoms with E-state index in [1.165, 1.54) is 0 Å². The minimum Gasteiger partial charge on any atom is -0.480 e. The summed E-state index contributed by atoms with van der Waals surface area (Å²) in [6.07, 6.45) is 3.62. The van der Waals surface area contributed by atoms with E-state index >= 15 is 0 Å². The van der Waals surface area contributed by atoms with Crippen molar-refractivity contribution in [3.05, 3.63) is 18.0 Å². The Balaban J connectivity index is 2.56. The quantitative estimate of drug-likeness (QED) is 0.755. The molecule has 0 fully saturated rings. The predicted molar refractivity (Wildman–Crippen MR) is 51.8 cm³/mol. The Morgan fingerprint density at radius 1 is 1.79 bits per heavy atom. The first-order valence-corrected chi connectivity index (χ1v) is 4.41. The number of carboxylic acid groups (broad SMARTS) is 1. The minimum absolute atomic E-state index is 0.477. The second kappa shape index (κ2) is 4.23. The normalized spacial score (nSPS) is 13.1. The van der Waals surface area contributed by atoms with Gasteiger partial charge in [0.1, 0.15) is 6.04 Å². The first-order chi connectivity index (χ1) is 6.50. The molecule has 0 saturated heterocycles. The van der Waals surface area contributed by atoms with Gasteiger partial charge in [-0.1, -0.05) is 0 Å². The van der Waals surface area contributed by atoms with Gasteiger partial charge in [-0.25, -0.2) is 0 Å². The topological polar surface area (TPSA) is 58.4 Å². The summed E-state index contributed by atoms with van der Waals surface area (Å²) in [7, 11) is 3.62. The van der Waals surface area contributed by atoms with Crippen molar-refractivity contribution in [3.63, 3.8) is 0 Å². The third-order valence-corrected chi connectivity index (χ3v) is 2.21. The Kier molecular flexibility index (Phi) is 3.24. The molecule has 1 rings (SSSR count). The van der Waals surface area contributed by atoms with Crippen LogP contribution in [0.3, 0.4) is 0 Å². The van der Waals surface area contributed by atoms with Crippen molar-refractivity contribution in [2.45, 2.75) is 19.5 Å². The van der Waals surface area contributed by atoms with Crippen molar-refractivity contribution in [2.75, 3.05) is 7.05 Å². The maximum atomic E-state index is 10.7. The van der Waals surface area contributed by atoms with Gasteiger partial charge in [0.2, 0.25) is 0 Å². The van der Waals surface area contributed by atoms with E-state index in [1.54, 1.807) is 29.7 Å². The van der Waals surface area contributed by atoms with E-state index in [0.29, 0.717) is 6.54 Å². The summed E-state index contributed by atoms with van der Waals surface area (Å²) in [5.74, 6) is -0.809. The van der Waals surface area contributed by atoms with E-state index in [4.69, 9.17) is 5.11 Å². The molecular formula is C9H15N3O2. The lowest BCUT2D eigenvalue weighted by Gasteiger charge is -2.19. The highest BCUT2D eigenvalue weighted by atomic mass is 16.4. The molecule has 1 N–H and O–H groups in total. The van der Waals surface area contributed by atoms with E-state index in [-0.39, 0.29) is 0 Å². The van der Waals surface area contributed by atoms with Gasteiger partial charge >= 0.3 is 5.97 Å². The summed E-state index contributed by atoms with van der Waals surface area (Å²) >= 11 is 0. The zero-order valence-corrected chi connectivity index (χ0v) is 8.64. The van der Waals surface area contributed by atoms with Crippen LogP contribution in [0.15, 0.2) is 12.4 Å². The average Bonchev–Trinajstić information content (AvgIpc) is 2.49. The number of aromatic nitrogens is 2. The van der Waals surface area contributed by atoms with Gasteiger partial charge in [0.15, 0.2) is 0 Å². The molecule has 0 aromatic carbocycles. The number of aliphatic carboxylic acids is 1. The van der Waals surface area contributed by atoms with E-state index < -0.39 is 12.0 Å². The molecule has 0 aliphatic heterocycles. The van der Waals surface area contributed by atoms with E-state index in [1.807, 2.05) is 13.2 Å². The molecule has 1 heterocycles. The number of carbonyl (C=O) groups is 1. The maximum Gasteiger partial charge on any atom is 0.320 e. The molecule has 78 valence electrons. The zero-order chi connectivity index (χ0) is 10.7. The van der Waals surface area contributed by atoms with Crippen LogP contribution in [0, 0.1) is 0 Å². The molecule has 1 unspecified atom stereocenters. The fraction of sp³-hybridized carbons (Fsp3) is 0.556. The van der Waals surface area contributed by atoms with Crippen LogP contribution < -0.4 is 0 Å². The molecule has 0 aliphatic rings. The molecule has 5 nitrogen and oxygen atoms in total. The smallest absolute Gasteiger partial charge is 0.320 e. The molecule has 0 aliphatic carbocycles. The van der Waals surface area contributed by atoms with Gasteiger partial charge in [0, 0.05) is 25.4 Å². The molecule has 0 spiro atoms. The van der Waals surface area contributed by atoms with Crippen LogP contribution in [0.5, 0.6) is 0 Å². The van der Waals surface area contributed by atoms with Gasteiger partial charge in [-0.3, -0.25) is 14.4 Å². The summed E-state index contributed by atoms with van der Waals surface area (Å²) in [5, 5.41) is 12.8. The van der Waals surface area contributed by atoms with Crippen LogP contribution in [0.25, 0.3) is 0 Å². The fourth-order valence-electron chi connectivity index (χ4n) is 1.17. The standard InChI is InChI=1S/C9H15N3O2/c1-7(9(13)14)11(2)5-8-4-10-12(3)6-8/h4,6-7H,5H2,1-3H3,(H,13,14). The van der Waals surface area contributed by atoms with Gasteiger partial charge in [0.05, 0.1) is 6.20 Å². The minimum atomic E-state index is -0.809. The SMILES string of the molecule is CC(C(=O)O)N(C)Cc1cnn(C)c1. The highest BCUT2D eigenvalue weighted by molar-refractivity contribution is 5.72. The van der Waals surface area contributed by atoms with E-state index in [9.17, 15) is 4.79 Å². The number of rotatable bonds is 4. The van der Waals surface area contributed by atoms with Crippen LogP contribution in [0.4, 0.5) is 0 Å². The lowest BCUT2D eigenvalue weighted by Crippen LogP contribution is -2.35. The van der Waals surface area contributed by atoms with Gasteiger partial charge in [-0.15, -0.1) is 0 Å². The lowest BCUT2D eigenvalue weighted by atomic mass is 10.2. The number of aryl methyl sites for hydroxylation is 1. The molecule has 1 aromatic heterocycles. The number of hydrogen-bond acceptors (Lipinski definition) is 3. The summed E-state index contributed by atoms with van der Waals surface area (Å²) in [5.41, 5.74) is 1.02. The summed E-state index contributed by atoms with van der Waals surface area (Å²) in [6.45, 7) is 2.26. The van der Waals surface area contributed by atoms with Crippen LogP contribution in [0.1, 0.15) is 12.5 Å². The monoisotopic (exact) mass is 197 g/mol. The second-order valence-corrected chi connectivity index (χ2v) is 3.45. The van der Waals surface area contributed by atoms with Crippen molar-refractivity contribution in [3.8, 4) is 0 Å². The lowest BCUT2D eigenvalue weighted by molar-refractivity contribution is -0.142. The molecule has 0 amide bonds. The van der Waals surface area contributed by atoms with Crippen molar-refractivity contribution in [2.24, 2.45) is 7.05 Å². The van der Waals surface area contributed by atoms with Crippen molar-refractivity contribution in [1.29, 1.82) is 0 Å². The molecule has 1 aromatic rings. The second-order valence-electron chi connectivity index (χ2n) is 3.45. The summed E-state index contributed by atoms with van der Waals surface area (Å²) in [6, 6.07) is -0.477. The molecule has 1 atom stereocenters. The first kappa shape index (κ1) is 10.7. The zero-order valence-electron chi connectivity index (χ0n) is 8.64. The highest BCUT2D eigenvalue weighted by Gasteiger charge is 2.16. The number of carboxylic acids is 1. The number of likely N-dealkylation sites (N-methyl/N-ethyl adjacent to an activating group) is 1. The highest BCUT2D eigenvalue weighted by Crippen LogP contribution is 2.04. The summed E-state index contributed by atoms with van der Waals surface area (Å²) < 4.78 is 1.70. The van der Waals surface area contributed by atoms with Crippen LogP contribution in [0.2, 0.25) is 0 Å². The Morgan fingerprint density at radius 2 is 2.43 bits per heavy atom. The van der Waals surface area contributed by atoms with Crippen molar-refractivity contribution < 1.29 is 9.90 Å². The third kappa shape index (κ3) is 2.56. The molecule has 14 heavy (non-hydrogen) atoms. The van der Waals surface area contributed by atoms with Crippen LogP contribution in [-0.4, -0.2) is 38.8 Å². The van der Waals surface area contributed by atoms with Crippen molar-refractivity contribution >= 4 is 5.97 Å². The fourth-order valence-corrected chi connectivity index (χ4v) is 1.17. The van der Waals surface area contributed by atoms with E-state index in [2.05, 4.69) is 5.10 Å². The number of nitrogens with zero attached hydrogens (tertiary/aromatic N) is 3. The Bertz CT molecular complexity index is 322. The molecule has 0 radical (unpaired) electrons. The molecule has 0 saturated carbocycles. The molecule has 0 bridgehead atoms. The van der Waals surface area contributed by atoms with E-state index in [0.717, 1.165) is 5.56 Å². The van der Waals surface area contributed by atoms with Crippen LogP contribution in [-0.2, 0) is 18.4 Å². The van der Waals surface area contributed by atoms with Gasteiger partial charge in [-0.2, -0.15) is 5.10 Å². The Hall–Kier alpha value is -1.36. The van der Waals surface area contributed by atoms with Gasteiger partial charge in [0.25, 0.3) is 0 Å². The Morgan fingerprint density at radius 3 is 2.86 bits per heavy atom. The molecular weight excluding hydrogens is 182 g/mol. The predicted octanol–water partition coefficient (Wildman–Crippen LogP) is 0.325. The number of hydrogen-bond donors (Lipinski definition) is 1. The first-order valence-electron chi connectivity index (χ1n) is 4.41. The van der Waals surface area contributed by atoms with Gasteiger partial charge < -0.3 is 5.11 Å². The maximum absolute atomic E-state index is 10.7. The van der Waals surface area contributed by atoms with Crippen LogP contribution >= 0.6 is 0 Å². The largest absolute Gasteiger partial charge is 0.480 e.